The molecule has 0 unspecified atom stereocenters. The lowest BCUT2D eigenvalue weighted by atomic mass is 10.0. The Balaban J connectivity index is 1.79. The Bertz CT molecular complexity index is 1540. The number of para-hydroxylation sites is 1. The molecular formula is C23H17F3N6O. The quantitative estimate of drug-likeness (QED) is 0.407. The first kappa shape index (κ1) is 20.7. The van der Waals surface area contributed by atoms with E-state index in [-0.39, 0.29) is 11.1 Å². The topological polar surface area (TPSA) is 88.5 Å². The Morgan fingerprint density at radius 2 is 1.76 bits per heavy atom. The Kier molecular flexibility index (Phi) is 5.04. The van der Waals surface area contributed by atoms with Gasteiger partial charge in [-0.05, 0) is 36.1 Å². The van der Waals surface area contributed by atoms with Gasteiger partial charge in [0.2, 0.25) is 0 Å². The van der Waals surface area contributed by atoms with Gasteiger partial charge < -0.3 is 10.3 Å². The molecular weight excluding hydrogens is 433 g/mol. The molecule has 1 atom stereocenters. The summed E-state index contributed by atoms with van der Waals surface area (Å²) in [6, 6.07) is 8.42. The van der Waals surface area contributed by atoms with E-state index >= 15 is 0 Å². The molecule has 0 fully saturated rings. The number of H-pyrrole nitrogens is 1. The van der Waals surface area contributed by atoms with Crippen LogP contribution in [0.1, 0.15) is 25.1 Å². The monoisotopic (exact) mass is 450 g/mol. The first-order valence-corrected chi connectivity index (χ1v) is 10.2. The van der Waals surface area contributed by atoms with Crippen LogP contribution < -0.4 is 10.9 Å². The molecule has 33 heavy (non-hydrogen) atoms. The van der Waals surface area contributed by atoms with Crippen molar-refractivity contribution in [2.45, 2.75) is 19.4 Å². The van der Waals surface area contributed by atoms with E-state index in [1.165, 1.54) is 24.8 Å². The van der Waals surface area contributed by atoms with Crippen LogP contribution in [0.25, 0.3) is 27.6 Å². The van der Waals surface area contributed by atoms with Gasteiger partial charge in [0.1, 0.15) is 35.0 Å². The van der Waals surface area contributed by atoms with E-state index in [1.807, 2.05) is 6.92 Å². The second-order valence-corrected chi connectivity index (χ2v) is 7.41. The van der Waals surface area contributed by atoms with Crippen LogP contribution in [0.4, 0.5) is 19.0 Å². The Labute approximate surface area is 185 Å². The zero-order valence-corrected chi connectivity index (χ0v) is 17.3. The number of hydrogen-bond donors (Lipinski definition) is 2. The lowest BCUT2D eigenvalue weighted by Gasteiger charge is -2.24. The van der Waals surface area contributed by atoms with E-state index in [1.54, 1.807) is 12.1 Å². The van der Waals surface area contributed by atoms with Crippen LogP contribution in [-0.2, 0) is 0 Å². The second-order valence-electron chi connectivity index (χ2n) is 7.41. The number of nitrogens with one attached hydrogen (secondary N) is 2. The SMILES string of the molecule is CC[C@@H](Nc1ncnc2nc[nH]c12)c1cc2cccc(F)c2c(=O)n1-c1c(F)cccc1F. The molecule has 0 saturated carbocycles. The van der Waals surface area contributed by atoms with Gasteiger partial charge in [-0.25, -0.2) is 28.1 Å². The maximum Gasteiger partial charge on any atom is 0.266 e. The number of aromatic amines is 1. The summed E-state index contributed by atoms with van der Waals surface area (Å²) in [5.41, 5.74) is -0.221. The number of fused-ring (bicyclic) bond motifs is 2. The van der Waals surface area contributed by atoms with Crippen molar-refractivity contribution in [3.8, 4) is 5.69 Å². The number of pyridine rings is 1. The van der Waals surface area contributed by atoms with Gasteiger partial charge in [-0.1, -0.05) is 25.1 Å². The Hall–Kier alpha value is -4.21. The Morgan fingerprint density at radius 3 is 2.52 bits per heavy atom. The molecule has 5 aromatic rings. The zero-order chi connectivity index (χ0) is 23.1. The molecule has 3 heterocycles. The van der Waals surface area contributed by atoms with Crippen molar-refractivity contribution in [2.75, 3.05) is 5.32 Å². The number of nitrogens with zero attached hydrogens (tertiary/aromatic N) is 4. The predicted octanol–water partition coefficient (Wildman–Crippen LogP) is 4.64. The lowest BCUT2D eigenvalue weighted by molar-refractivity contribution is 0.557. The minimum absolute atomic E-state index is 0.246. The van der Waals surface area contributed by atoms with Crippen LogP contribution in [0, 0.1) is 17.5 Å². The number of aromatic nitrogens is 5. The van der Waals surface area contributed by atoms with Crippen molar-refractivity contribution in [1.82, 2.24) is 24.5 Å². The normalized spacial score (nSPS) is 12.4. The van der Waals surface area contributed by atoms with Crippen molar-refractivity contribution in [3.05, 3.63) is 88.6 Å². The highest BCUT2D eigenvalue weighted by atomic mass is 19.1. The molecule has 0 spiro atoms. The summed E-state index contributed by atoms with van der Waals surface area (Å²) in [5.74, 6) is -2.26. The number of anilines is 1. The molecule has 2 aromatic carbocycles. The summed E-state index contributed by atoms with van der Waals surface area (Å²) in [5, 5.41) is 3.27. The van der Waals surface area contributed by atoms with Crippen molar-refractivity contribution in [3.63, 3.8) is 0 Å². The zero-order valence-electron chi connectivity index (χ0n) is 17.3. The highest BCUT2D eigenvalue weighted by Gasteiger charge is 2.24. The highest BCUT2D eigenvalue weighted by Crippen LogP contribution is 2.30. The van der Waals surface area contributed by atoms with Crippen molar-refractivity contribution < 1.29 is 13.2 Å². The molecule has 3 aromatic heterocycles. The predicted molar refractivity (Wildman–Crippen MR) is 118 cm³/mol. The van der Waals surface area contributed by atoms with Gasteiger partial charge >= 0.3 is 0 Å². The summed E-state index contributed by atoms with van der Waals surface area (Å²) < 4.78 is 45.1. The maximum atomic E-state index is 14.8. The van der Waals surface area contributed by atoms with Crippen molar-refractivity contribution in [1.29, 1.82) is 0 Å². The molecule has 0 aliphatic heterocycles. The van der Waals surface area contributed by atoms with Gasteiger partial charge in [-0.15, -0.1) is 0 Å². The lowest BCUT2D eigenvalue weighted by Crippen LogP contribution is -2.28. The first-order chi connectivity index (χ1) is 16.0. The number of imidazole rings is 1. The number of rotatable bonds is 5. The van der Waals surface area contributed by atoms with Gasteiger partial charge in [0.15, 0.2) is 11.5 Å². The fourth-order valence-corrected chi connectivity index (χ4v) is 3.95. The smallest absolute Gasteiger partial charge is 0.266 e. The summed E-state index contributed by atoms with van der Waals surface area (Å²) >= 11 is 0. The second kappa shape index (κ2) is 8.05. The van der Waals surface area contributed by atoms with Crippen LogP contribution in [-0.4, -0.2) is 24.5 Å². The fourth-order valence-electron chi connectivity index (χ4n) is 3.95. The first-order valence-electron chi connectivity index (χ1n) is 10.2. The van der Waals surface area contributed by atoms with Crippen LogP contribution in [0.5, 0.6) is 0 Å². The average Bonchev–Trinajstić information content (AvgIpc) is 3.28. The molecule has 0 aliphatic carbocycles. The summed E-state index contributed by atoms with van der Waals surface area (Å²) in [4.78, 5) is 28.8. The van der Waals surface area contributed by atoms with Gasteiger partial charge in [-0.3, -0.25) is 9.36 Å². The van der Waals surface area contributed by atoms with Crippen LogP contribution >= 0.6 is 0 Å². The van der Waals surface area contributed by atoms with Crippen LogP contribution in [0.15, 0.2) is 59.9 Å². The molecule has 0 aliphatic rings. The van der Waals surface area contributed by atoms with E-state index in [4.69, 9.17) is 0 Å². The van der Waals surface area contributed by atoms with E-state index in [2.05, 4.69) is 25.3 Å². The van der Waals surface area contributed by atoms with Gasteiger partial charge in [0.05, 0.1) is 17.8 Å². The van der Waals surface area contributed by atoms with Crippen LogP contribution in [0.2, 0.25) is 0 Å². The van der Waals surface area contributed by atoms with Crippen molar-refractivity contribution >= 4 is 27.8 Å². The summed E-state index contributed by atoms with van der Waals surface area (Å²) in [6.07, 6.45) is 3.21. The standard InChI is InChI=1S/C23H17F3N6O/c1-2-16(31-22-19-21(28-10-27-19)29-11-30-22)17-9-12-5-3-6-13(24)18(12)23(33)32(17)20-14(25)7-4-8-15(20)26/h3-11,16H,2H2,1H3,(H2,27,28,29,30,31)/t16-/m1/s1. The van der Waals surface area contributed by atoms with E-state index in [0.717, 1.165) is 22.8 Å². The third-order valence-electron chi connectivity index (χ3n) is 5.48. The number of halogens is 3. The average molecular weight is 450 g/mol. The molecule has 0 amide bonds. The third kappa shape index (κ3) is 3.39. The molecule has 0 radical (unpaired) electrons. The highest BCUT2D eigenvalue weighted by molar-refractivity contribution is 5.84. The molecule has 5 rings (SSSR count). The third-order valence-corrected chi connectivity index (χ3v) is 5.48. The fraction of sp³-hybridized carbons (Fsp3) is 0.130. The van der Waals surface area contributed by atoms with Gasteiger partial charge in [0.25, 0.3) is 5.56 Å². The van der Waals surface area contributed by atoms with Crippen LogP contribution in [0.3, 0.4) is 0 Å². The van der Waals surface area contributed by atoms with E-state index in [0.29, 0.717) is 28.8 Å². The number of hydrogen-bond acceptors (Lipinski definition) is 5. The minimum Gasteiger partial charge on any atom is -0.360 e. The van der Waals surface area contributed by atoms with Gasteiger partial charge in [-0.2, -0.15) is 0 Å². The number of benzene rings is 2. The molecule has 0 saturated heterocycles. The van der Waals surface area contributed by atoms with Gasteiger partial charge in [0, 0.05) is 5.69 Å². The minimum atomic E-state index is -0.943. The molecule has 2 N–H and O–H groups in total. The maximum absolute atomic E-state index is 14.8. The van der Waals surface area contributed by atoms with Crippen molar-refractivity contribution in [2.24, 2.45) is 0 Å². The van der Waals surface area contributed by atoms with E-state index in [9.17, 15) is 18.0 Å². The molecule has 10 heteroatoms. The summed E-state index contributed by atoms with van der Waals surface area (Å²) in [6.45, 7) is 1.84. The molecule has 0 bridgehead atoms. The molecule has 7 nitrogen and oxygen atoms in total. The summed E-state index contributed by atoms with van der Waals surface area (Å²) in [7, 11) is 0. The largest absolute Gasteiger partial charge is 0.360 e. The van der Waals surface area contributed by atoms with E-state index < -0.39 is 34.7 Å². The Morgan fingerprint density at radius 1 is 1.03 bits per heavy atom. The molecule has 166 valence electrons.